The predicted octanol–water partition coefficient (Wildman–Crippen LogP) is 2.91. The van der Waals surface area contributed by atoms with E-state index in [1.54, 1.807) is 18.3 Å². The lowest BCUT2D eigenvalue weighted by molar-refractivity contribution is -0.266. The van der Waals surface area contributed by atoms with Crippen LogP contribution in [-0.2, 0) is 28.0 Å². The van der Waals surface area contributed by atoms with Crippen molar-refractivity contribution in [3.63, 3.8) is 0 Å². The maximum Gasteiger partial charge on any atom is 0.220 e. The van der Waals surface area contributed by atoms with Gasteiger partial charge in [-0.15, -0.1) is 12.6 Å². The minimum Gasteiger partial charge on any atom is -0.390 e. The Kier molecular flexibility index (Phi) is 5.15. The van der Waals surface area contributed by atoms with Crippen molar-refractivity contribution in [3.05, 3.63) is 42.0 Å². The van der Waals surface area contributed by atoms with Gasteiger partial charge in [-0.1, -0.05) is 13.0 Å². The first-order chi connectivity index (χ1) is 16.9. The number of aliphatic hydroxyl groups excluding tert-OH is 1. The number of aromatic nitrogens is 2. The van der Waals surface area contributed by atoms with Crippen molar-refractivity contribution in [2.24, 2.45) is 35.6 Å². The molecule has 0 unspecified atom stereocenters. The smallest absolute Gasteiger partial charge is 0.220 e. The third-order valence-electron chi connectivity index (χ3n) is 10.1. The number of thiol groups is 1. The van der Waals surface area contributed by atoms with Gasteiger partial charge in [0, 0.05) is 42.5 Å². The van der Waals surface area contributed by atoms with E-state index in [2.05, 4.69) is 17.6 Å². The number of aryl methyl sites for hydroxylation is 1. The number of allylic oxidation sites excluding steroid dienone is 4. The van der Waals surface area contributed by atoms with Crippen molar-refractivity contribution in [3.8, 4) is 0 Å². The van der Waals surface area contributed by atoms with Gasteiger partial charge in [-0.25, -0.2) is 13.8 Å². The number of hydrogen-bond donors (Lipinski definition) is 2. The van der Waals surface area contributed by atoms with Crippen molar-refractivity contribution < 1.29 is 28.3 Å². The van der Waals surface area contributed by atoms with E-state index < -0.39 is 51.3 Å². The summed E-state index contributed by atoms with van der Waals surface area (Å²) in [5, 5.41) is 12.7. The molecule has 1 saturated heterocycles. The molecule has 6 rings (SSSR count). The lowest BCUT2D eigenvalue weighted by Gasteiger charge is -2.63. The molecule has 194 valence electrons. The van der Waals surface area contributed by atoms with Crippen LogP contribution in [-0.4, -0.2) is 60.7 Å². The molecule has 9 atom stereocenters. The highest BCUT2D eigenvalue weighted by molar-refractivity contribution is 7.96. The van der Waals surface area contributed by atoms with E-state index in [9.17, 15) is 14.7 Å². The summed E-state index contributed by atoms with van der Waals surface area (Å²) in [6.45, 7) is 4.23. The number of rotatable bonds is 3. The SMILES string of the molecule is Cn1cnc(CN2C[C@@H]3C[C@H]4[C@@H]5C[C@H](F)C6=CC(=O)C=C[C@]6(C)[C@@]5(F)[C@@H](O)C[C@]4(C)[C@]3(C(=O)S)O2)c1. The average molecular weight is 520 g/mol. The van der Waals surface area contributed by atoms with Gasteiger partial charge in [-0.05, 0) is 49.8 Å². The number of carbonyl (C=O) groups is 2. The van der Waals surface area contributed by atoms with Gasteiger partial charge >= 0.3 is 0 Å². The van der Waals surface area contributed by atoms with E-state index in [1.807, 2.05) is 24.7 Å². The van der Waals surface area contributed by atoms with Crippen molar-refractivity contribution >= 4 is 23.5 Å². The number of hydroxylamine groups is 2. The lowest BCUT2D eigenvalue weighted by atomic mass is 9.44. The molecule has 4 fully saturated rings. The molecule has 36 heavy (non-hydrogen) atoms. The Bertz CT molecular complexity index is 1220. The van der Waals surface area contributed by atoms with Gasteiger partial charge in [-0.3, -0.25) is 14.4 Å². The molecule has 1 aliphatic heterocycles. The highest BCUT2D eigenvalue weighted by Gasteiger charge is 2.79. The molecule has 1 aromatic rings. The molecule has 3 saturated carbocycles. The van der Waals surface area contributed by atoms with Crippen LogP contribution in [0.5, 0.6) is 0 Å². The summed E-state index contributed by atoms with van der Waals surface area (Å²) in [6.07, 6.45) is 4.70. The molecule has 0 aromatic carbocycles. The summed E-state index contributed by atoms with van der Waals surface area (Å²) >= 11 is 4.27. The standard InChI is InChI=1S/C26H31F2N3O4S/c1-23-5-4-16(32)7-19(23)20(27)8-18-17-6-14-10-31(12-15-11-30(3)13-29-15)35-26(14,22(34)36)24(17,2)9-21(33)25(18,23)28/h4-5,7,11,13-14,17-18,20-21,33H,6,8-10,12H2,1-3H3,(H,34,36)/t14-,17-,18-,20-,21-,23-,24-,25-,26-/m0/s1. The number of nitrogens with zero attached hydrogens (tertiary/aromatic N) is 3. The Morgan fingerprint density at radius 2 is 2.08 bits per heavy atom. The molecule has 4 aliphatic carbocycles. The number of fused-ring (bicyclic) bond motifs is 7. The second-order valence-corrected chi connectivity index (χ2v) is 12.2. The van der Waals surface area contributed by atoms with Crippen LogP contribution in [0.15, 0.2) is 36.3 Å². The van der Waals surface area contributed by atoms with Gasteiger partial charge in [0.2, 0.25) is 5.12 Å². The second-order valence-electron chi connectivity index (χ2n) is 11.8. The van der Waals surface area contributed by atoms with Crippen LogP contribution in [0.3, 0.4) is 0 Å². The van der Waals surface area contributed by atoms with Gasteiger partial charge in [0.05, 0.1) is 24.7 Å². The Morgan fingerprint density at radius 3 is 2.75 bits per heavy atom. The maximum atomic E-state index is 17.3. The second kappa shape index (κ2) is 7.58. The summed E-state index contributed by atoms with van der Waals surface area (Å²) < 4.78 is 34.8. The highest BCUT2D eigenvalue weighted by Crippen LogP contribution is 2.72. The van der Waals surface area contributed by atoms with Crippen LogP contribution >= 0.6 is 12.6 Å². The molecule has 0 amide bonds. The van der Waals surface area contributed by atoms with Crippen LogP contribution in [0.2, 0.25) is 0 Å². The van der Waals surface area contributed by atoms with Gasteiger partial charge in [0.25, 0.3) is 0 Å². The third kappa shape index (κ3) is 2.82. The average Bonchev–Trinajstić information content (AvgIpc) is 3.44. The molecule has 2 heterocycles. The number of halogens is 2. The lowest BCUT2D eigenvalue weighted by Crippen LogP contribution is -2.70. The van der Waals surface area contributed by atoms with E-state index in [1.165, 1.54) is 18.2 Å². The molecule has 0 radical (unpaired) electrons. The number of aliphatic hydroxyl groups is 1. The normalized spacial score (nSPS) is 47.7. The topological polar surface area (TPSA) is 84.7 Å². The Labute approximate surface area is 213 Å². The molecular formula is C26H31F2N3O4S. The summed E-state index contributed by atoms with van der Waals surface area (Å²) in [6, 6.07) is 0. The number of carbonyl (C=O) groups excluding carboxylic acids is 2. The van der Waals surface area contributed by atoms with Crippen LogP contribution in [0.25, 0.3) is 0 Å². The van der Waals surface area contributed by atoms with Gasteiger partial charge < -0.3 is 9.67 Å². The van der Waals surface area contributed by atoms with Crippen molar-refractivity contribution in [2.45, 2.75) is 63.2 Å². The fourth-order valence-electron chi connectivity index (χ4n) is 8.51. The maximum absolute atomic E-state index is 17.3. The number of hydrogen-bond acceptors (Lipinski definition) is 6. The minimum atomic E-state index is -2.18. The molecule has 5 aliphatic rings. The van der Waals surface area contributed by atoms with Gasteiger partial charge in [0.1, 0.15) is 6.17 Å². The number of imidazole rings is 1. The fourth-order valence-corrected chi connectivity index (χ4v) is 8.99. The molecule has 7 nitrogen and oxygen atoms in total. The van der Waals surface area contributed by atoms with Crippen LogP contribution in [0.1, 0.15) is 38.8 Å². The summed E-state index contributed by atoms with van der Waals surface area (Å²) in [5.74, 6) is -1.93. The Hall–Kier alpha value is -1.88. The van der Waals surface area contributed by atoms with E-state index in [0.717, 1.165) is 5.69 Å². The molecular weight excluding hydrogens is 488 g/mol. The van der Waals surface area contributed by atoms with Gasteiger partial charge in [-0.2, -0.15) is 5.06 Å². The number of ketones is 1. The zero-order valence-electron chi connectivity index (χ0n) is 20.5. The molecule has 1 N–H and O–H groups in total. The monoisotopic (exact) mass is 519 g/mol. The largest absolute Gasteiger partial charge is 0.390 e. The fraction of sp³-hybridized carbons (Fsp3) is 0.654. The summed E-state index contributed by atoms with van der Waals surface area (Å²) in [7, 11) is 1.87. The van der Waals surface area contributed by atoms with E-state index in [4.69, 9.17) is 4.84 Å². The number of alkyl halides is 2. The van der Waals surface area contributed by atoms with Gasteiger partial charge in [0.15, 0.2) is 17.1 Å². The third-order valence-corrected chi connectivity index (χ3v) is 10.4. The van der Waals surface area contributed by atoms with E-state index in [0.29, 0.717) is 19.5 Å². The van der Waals surface area contributed by atoms with Crippen LogP contribution in [0, 0.1) is 28.6 Å². The first-order valence-electron chi connectivity index (χ1n) is 12.5. The zero-order valence-corrected chi connectivity index (χ0v) is 21.4. The molecule has 0 bridgehead atoms. The Balaban J connectivity index is 1.39. The molecule has 0 spiro atoms. The highest BCUT2D eigenvalue weighted by atomic mass is 32.1. The van der Waals surface area contributed by atoms with Crippen LogP contribution < -0.4 is 0 Å². The van der Waals surface area contributed by atoms with E-state index in [-0.39, 0.29) is 30.1 Å². The first kappa shape index (κ1) is 24.5. The summed E-state index contributed by atoms with van der Waals surface area (Å²) in [4.78, 5) is 36.0. The zero-order chi connectivity index (χ0) is 25.8. The van der Waals surface area contributed by atoms with Crippen molar-refractivity contribution in [2.75, 3.05) is 6.54 Å². The van der Waals surface area contributed by atoms with Crippen LogP contribution in [0.4, 0.5) is 8.78 Å². The molecule has 10 heteroatoms. The molecule has 1 aromatic heterocycles. The predicted molar refractivity (Wildman–Crippen MR) is 129 cm³/mol. The van der Waals surface area contributed by atoms with E-state index >= 15 is 8.78 Å². The Morgan fingerprint density at radius 1 is 1.33 bits per heavy atom. The summed E-state index contributed by atoms with van der Waals surface area (Å²) in [5.41, 5.74) is -5.08. The minimum absolute atomic E-state index is 0.0352. The quantitative estimate of drug-likeness (QED) is 0.598. The van der Waals surface area contributed by atoms with Crippen molar-refractivity contribution in [1.29, 1.82) is 0 Å². The first-order valence-corrected chi connectivity index (χ1v) is 12.9. The van der Waals surface area contributed by atoms with Crippen molar-refractivity contribution in [1.82, 2.24) is 14.6 Å².